The fourth-order valence-electron chi connectivity index (χ4n) is 2.42. The SMILES string of the molecule is CNc1ccccc1S(=O)(=O)NC(=O)c1ccc(OC)c(OC)c1OC. The lowest BCUT2D eigenvalue weighted by atomic mass is 10.1. The number of methoxy groups -OCH3 is 3. The number of benzene rings is 2. The molecule has 0 heterocycles. The average molecular weight is 380 g/mol. The van der Waals surface area contributed by atoms with Crippen LogP contribution in [0.25, 0.3) is 0 Å². The van der Waals surface area contributed by atoms with Crippen LogP contribution in [0.5, 0.6) is 17.2 Å². The van der Waals surface area contributed by atoms with E-state index < -0.39 is 15.9 Å². The molecule has 2 aromatic carbocycles. The van der Waals surface area contributed by atoms with Crippen molar-refractivity contribution in [1.82, 2.24) is 4.72 Å². The third-order valence-corrected chi connectivity index (χ3v) is 5.01. The van der Waals surface area contributed by atoms with Gasteiger partial charge in [0.2, 0.25) is 5.75 Å². The Balaban J connectivity index is 2.44. The van der Waals surface area contributed by atoms with Crippen molar-refractivity contribution in [2.75, 3.05) is 33.7 Å². The Morgan fingerprint density at radius 3 is 2.15 bits per heavy atom. The quantitative estimate of drug-likeness (QED) is 0.756. The fraction of sp³-hybridized carbons (Fsp3) is 0.235. The fourth-order valence-corrected chi connectivity index (χ4v) is 3.60. The van der Waals surface area contributed by atoms with Gasteiger partial charge in [-0.25, -0.2) is 13.1 Å². The molecule has 26 heavy (non-hydrogen) atoms. The molecule has 0 aliphatic carbocycles. The van der Waals surface area contributed by atoms with E-state index in [0.717, 1.165) is 0 Å². The van der Waals surface area contributed by atoms with E-state index in [0.29, 0.717) is 11.4 Å². The van der Waals surface area contributed by atoms with Crippen LogP contribution in [0.2, 0.25) is 0 Å². The Kier molecular flexibility index (Phi) is 5.93. The van der Waals surface area contributed by atoms with Gasteiger partial charge >= 0.3 is 0 Å². The zero-order chi connectivity index (χ0) is 19.3. The maximum atomic E-state index is 12.6. The lowest BCUT2D eigenvalue weighted by Crippen LogP contribution is -2.31. The van der Waals surface area contributed by atoms with Crippen LogP contribution in [0, 0.1) is 0 Å². The maximum absolute atomic E-state index is 12.6. The van der Waals surface area contributed by atoms with Gasteiger partial charge in [-0.3, -0.25) is 4.79 Å². The summed E-state index contributed by atoms with van der Waals surface area (Å²) in [6, 6.07) is 9.13. The average Bonchev–Trinajstić information content (AvgIpc) is 2.65. The summed E-state index contributed by atoms with van der Waals surface area (Å²) in [6.07, 6.45) is 0. The molecule has 0 unspecified atom stereocenters. The molecule has 0 fully saturated rings. The second kappa shape index (κ2) is 7.96. The first-order valence-electron chi connectivity index (χ1n) is 7.52. The molecule has 0 spiro atoms. The molecule has 9 heteroatoms. The lowest BCUT2D eigenvalue weighted by molar-refractivity contribution is 0.0977. The summed E-state index contributed by atoms with van der Waals surface area (Å²) in [5, 5.41) is 2.78. The number of anilines is 1. The van der Waals surface area contributed by atoms with Gasteiger partial charge in [0, 0.05) is 7.05 Å². The molecule has 2 rings (SSSR count). The maximum Gasteiger partial charge on any atom is 0.268 e. The van der Waals surface area contributed by atoms with Crippen molar-refractivity contribution in [2.24, 2.45) is 0 Å². The number of carbonyl (C=O) groups is 1. The van der Waals surface area contributed by atoms with Gasteiger partial charge in [0.15, 0.2) is 11.5 Å². The van der Waals surface area contributed by atoms with Gasteiger partial charge in [-0.2, -0.15) is 0 Å². The highest BCUT2D eigenvalue weighted by Crippen LogP contribution is 2.39. The largest absolute Gasteiger partial charge is 0.493 e. The molecule has 0 radical (unpaired) electrons. The van der Waals surface area contributed by atoms with Crippen LogP contribution in [-0.4, -0.2) is 42.7 Å². The molecule has 8 nitrogen and oxygen atoms in total. The summed E-state index contributed by atoms with van der Waals surface area (Å²) in [5.41, 5.74) is 0.364. The predicted molar refractivity (Wildman–Crippen MR) is 96.7 cm³/mol. The molecule has 0 saturated heterocycles. The van der Waals surface area contributed by atoms with E-state index in [1.165, 1.54) is 39.5 Å². The number of rotatable bonds is 7. The van der Waals surface area contributed by atoms with E-state index >= 15 is 0 Å². The molecule has 140 valence electrons. The van der Waals surface area contributed by atoms with E-state index in [2.05, 4.69) is 5.32 Å². The molecular weight excluding hydrogens is 360 g/mol. The first-order chi connectivity index (χ1) is 12.4. The molecule has 0 bridgehead atoms. The highest BCUT2D eigenvalue weighted by molar-refractivity contribution is 7.90. The molecule has 2 N–H and O–H groups in total. The highest BCUT2D eigenvalue weighted by Gasteiger charge is 2.26. The Hall–Kier alpha value is -2.94. The van der Waals surface area contributed by atoms with E-state index in [1.54, 1.807) is 25.2 Å². The van der Waals surface area contributed by atoms with Gasteiger partial charge in [0.25, 0.3) is 15.9 Å². The summed E-state index contributed by atoms with van der Waals surface area (Å²) in [4.78, 5) is 12.5. The van der Waals surface area contributed by atoms with Crippen molar-refractivity contribution in [3.8, 4) is 17.2 Å². The molecule has 0 saturated carbocycles. The van der Waals surface area contributed by atoms with Gasteiger partial charge in [0.05, 0.1) is 32.6 Å². The monoisotopic (exact) mass is 380 g/mol. The number of nitrogens with one attached hydrogen (secondary N) is 2. The van der Waals surface area contributed by atoms with Crippen LogP contribution in [0.3, 0.4) is 0 Å². The van der Waals surface area contributed by atoms with E-state index in [9.17, 15) is 13.2 Å². The van der Waals surface area contributed by atoms with Crippen molar-refractivity contribution in [3.63, 3.8) is 0 Å². The van der Waals surface area contributed by atoms with Gasteiger partial charge in [-0.1, -0.05) is 12.1 Å². The standard InChI is InChI=1S/C17H20N2O6S/c1-18-12-7-5-6-8-14(12)26(21,22)19-17(20)11-9-10-13(23-2)16(25-4)15(11)24-3/h5-10,18H,1-4H3,(H,19,20). The lowest BCUT2D eigenvalue weighted by Gasteiger charge is -2.16. The van der Waals surface area contributed by atoms with Crippen molar-refractivity contribution in [1.29, 1.82) is 0 Å². The second-order valence-corrected chi connectivity index (χ2v) is 6.71. The van der Waals surface area contributed by atoms with Crippen molar-refractivity contribution in [3.05, 3.63) is 42.0 Å². The van der Waals surface area contributed by atoms with Crippen molar-refractivity contribution < 1.29 is 27.4 Å². The van der Waals surface area contributed by atoms with Gasteiger partial charge in [0.1, 0.15) is 4.90 Å². The zero-order valence-electron chi connectivity index (χ0n) is 14.8. The van der Waals surface area contributed by atoms with Gasteiger partial charge in [-0.05, 0) is 24.3 Å². The smallest absolute Gasteiger partial charge is 0.268 e. The topological polar surface area (TPSA) is 103 Å². The number of carbonyl (C=O) groups excluding carboxylic acids is 1. The zero-order valence-corrected chi connectivity index (χ0v) is 15.6. The third-order valence-electron chi connectivity index (χ3n) is 3.62. The summed E-state index contributed by atoms with van der Waals surface area (Å²) < 4.78 is 42.8. The number of ether oxygens (including phenoxy) is 3. The molecule has 0 aliphatic rings. The number of para-hydroxylation sites is 1. The second-order valence-electron chi connectivity index (χ2n) is 5.06. The minimum atomic E-state index is -4.10. The molecule has 1 amide bonds. The number of amides is 1. The van der Waals surface area contributed by atoms with E-state index in [-0.39, 0.29) is 22.0 Å². The molecule has 0 atom stereocenters. The first kappa shape index (κ1) is 19.4. The van der Waals surface area contributed by atoms with Crippen LogP contribution < -0.4 is 24.2 Å². The van der Waals surface area contributed by atoms with Crippen molar-refractivity contribution >= 4 is 21.6 Å². The first-order valence-corrected chi connectivity index (χ1v) is 9.00. The van der Waals surface area contributed by atoms with Crippen LogP contribution in [0.1, 0.15) is 10.4 Å². The Labute approximate surface area is 152 Å². The minimum absolute atomic E-state index is 0.00402. The number of sulfonamides is 1. The predicted octanol–water partition coefficient (Wildman–Crippen LogP) is 1.87. The summed E-state index contributed by atoms with van der Waals surface area (Å²) in [5.74, 6) is -0.241. The minimum Gasteiger partial charge on any atom is -0.493 e. The number of hydrogen-bond donors (Lipinski definition) is 2. The summed E-state index contributed by atoms with van der Waals surface area (Å²) in [6.45, 7) is 0. The van der Waals surface area contributed by atoms with Crippen LogP contribution in [-0.2, 0) is 10.0 Å². The van der Waals surface area contributed by atoms with Gasteiger partial charge < -0.3 is 19.5 Å². The highest BCUT2D eigenvalue weighted by atomic mass is 32.2. The van der Waals surface area contributed by atoms with Crippen LogP contribution in [0.15, 0.2) is 41.3 Å². The van der Waals surface area contributed by atoms with Crippen LogP contribution in [0.4, 0.5) is 5.69 Å². The van der Waals surface area contributed by atoms with Crippen molar-refractivity contribution in [2.45, 2.75) is 4.90 Å². The summed E-state index contributed by atoms with van der Waals surface area (Å²) >= 11 is 0. The molecular formula is C17H20N2O6S. The Morgan fingerprint density at radius 2 is 1.58 bits per heavy atom. The molecule has 0 aliphatic heterocycles. The molecule has 2 aromatic rings. The van der Waals surface area contributed by atoms with Gasteiger partial charge in [-0.15, -0.1) is 0 Å². The third kappa shape index (κ3) is 3.67. The molecule has 0 aromatic heterocycles. The number of hydrogen-bond acceptors (Lipinski definition) is 7. The van der Waals surface area contributed by atoms with E-state index in [4.69, 9.17) is 14.2 Å². The Bertz CT molecular complexity index is 911. The normalized spacial score (nSPS) is 10.8. The Morgan fingerprint density at radius 1 is 0.923 bits per heavy atom. The summed E-state index contributed by atoms with van der Waals surface area (Å²) in [7, 11) is 1.67. The van der Waals surface area contributed by atoms with Crippen LogP contribution >= 0.6 is 0 Å². The van der Waals surface area contributed by atoms with E-state index in [1.807, 2.05) is 4.72 Å².